The lowest BCUT2D eigenvalue weighted by atomic mass is 9.95. The van der Waals surface area contributed by atoms with Crippen LogP contribution in [0.3, 0.4) is 0 Å². The minimum atomic E-state index is -0.615. The summed E-state index contributed by atoms with van der Waals surface area (Å²) in [5, 5.41) is 0. The predicted octanol–water partition coefficient (Wildman–Crippen LogP) is 2.20. The maximum Gasteiger partial charge on any atom is 0.255 e. The summed E-state index contributed by atoms with van der Waals surface area (Å²) in [6.07, 6.45) is 0.824. The highest BCUT2D eigenvalue weighted by Gasteiger charge is 2.21. The summed E-state index contributed by atoms with van der Waals surface area (Å²) in [7, 11) is 1.67. The molecule has 0 unspecified atom stereocenters. The Morgan fingerprint density at radius 1 is 1.37 bits per heavy atom. The first-order valence-electron chi connectivity index (χ1n) is 6.81. The van der Waals surface area contributed by atoms with E-state index in [9.17, 15) is 4.79 Å². The van der Waals surface area contributed by atoms with Crippen LogP contribution >= 0.6 is 0 Å². The predicted molar refractivity (Wildman–Crippen MR) is 78.5 cm³/mol. The van der Waals surface area contributed by atoms with Crippen molar-refractivity contribution in [1.82, 2.24) is 4.57 Å². The summed E-state index contributed by atoms with van der Waals surface area (Å²) in [6, 6.07) is 3.88. The van der Waals surface area contributed by atoms with Crippen LogP contribution in [0.1, 0.15) is 51.3 Å². The van der Waals surface area contributed by atoms with Gasteiger partial charge >= 0.3 is 0 Å². The number of ether oxygens (including phenoxy) is 1. The third-order valence-electron chi connectivity index (χ3n) is 3.22. The van der Waals surface area contributed by atoms with Crippen molar-refractivity contribution in [2.75, 3.05) is 13.7 Å². The molecule has 0 saturated carbocycles. The summed E-state index contributed by atoms with van der Waals surface area (Å²) in [6.45, 7) is 9.23. The largest absolute Gasteiger partial charge is 0.385 e. The van der Waals surface area contributed by atoms with Crippen molar-refractivity contribution in [1.29, 1.82) is 0 Å². The zero-order valence-electron chi connectivity index (χ0n) is 12.7. The van der Waals surface area contributed by atoms with Crippen molar-refractivity contribution in [3.63, 3.8) is 0 Å². The van der Waals surface area contributed by atoms with Gasteiger partial charge in [0.1, 0.15) is 0 Å². The molecule has 0 aromatic carbocycles. The van der Waals surface area contributed by atoms with E-state index < -0.39 is 5.54 Å². The number of rotatable bonds is 6. The number of pyridine rings is 1. The molecule has 1 aromatic heterocycles. The van der Waals surface area contributed by atoms with Gasteiger partial charge in [-0.25, -0.2) is 0 Å². The second-order valence-corrected chi connectivity index (χ2v) is 5.85. The molecule has 1 heterocycles. The van der Waals surface area contributed by atoms with Crippen LogP contribution in [-0.4, -0.2) is 18.3 Å². The molecular weight excluding hydrogens is 240 g/mol. The van der Waals surface area contributed by atoms with E-state index in [1.807, 2.05) is 30.5 Å². The third kappa shape index (κ3) is 3.91. The highest BCUT2D eigenvalue weighted by Crippen LogP contribution is 2.18. The van der Waals surface area contributed by atoms with Gasteiger partial charge in [-0.2, -0.15) is 0 Å². The van der Waals surface area contributed by atoms with Crippen molar-refractivity contribution in [3.8, 4) is 0 Å². The normalized spacial score (nSPS) is 12.2. The van der Waals surface area contributed by atoms with E-state index >= 15 is 0 Å². The second kappa shape index (κ2) is 6.35. The summed E-state index contributed by atoms with van der Waals surface area (Å²) in [5.74, 6) is 0.310. The molecule has 0 bridgehead atoms. The first kappa shape index (κ1) is 15.9. The Morgan fingerprint density at radius 2 is 2.00 bits per heavy atom. The first-order valence-corrected chi connectivity index (χ1v) is 6.81. The maximum absolute atomic E-state index is 12.6. The van der Waals surface area contributed by atoms with Crippen LogP contribution in [0.5, 0.6) is 0 Å². The molecule has 0 atom stereocenters. The molecule has 1 aromatic rings. The van der Waals surface area contributed by atoms with E-state index in [-0.39, 0.29) is 5.56 Å². The number of hydrogen-bond acceptors (Lipinski definition) is 3. The summed E-state index contributed by atoms with van der Waals surface area (Å²) in [5.41, 5.74) is 7.19. The fourth-order valence-corrected chi connectivity index (χ4v) is 2.18. The molecule has 0 aliphatic heterocycles. The van der Waals surface area contributed by atoms with Gasteiger partial charge < -0.3 is 15.0 Å². The molecule has 1 rings (SSSR count). The Hall–Kier alpha value is -1.13. The lowest BCUT2D eigenvalue weighted by Crippen LogP contribution is -2.39. The van der Waals surface area contributed by atoms with Crippen LogP contribution in [0.15, 0.2) is 16.9 Å². The molecule has 0 amide bonds. The van der Waals surface area contributed by atoms with Gasteiger partial charge in [-0.15, -0.1) is 0 Å². The molecule has 4 heteroatoms. The number of methoxy groups -OCH3 is 1. The highest BCUT2D eigenvalue weighted by molar-refractivity contribution is 5.23. The van der Waals surface area contributed by atoms with E-state index in [2.05, 4.69) is 13.8 Å². The Morgan fingerprint density at radius 3 is 2.47 bits per heavy atom. The second-order valence-electron chi connectivity index (χ2n) is 5.85. The van der Waals surface area contributed by atoms with Crippen LogP contribution in [-0.2, 0) is 16.8 Å². The molecule has 0 spiro atoms. The smallest absolute Gasteiger partial charge is 0.255 e. The van der Waals surface area contributed by atoms with Gasteiger partial charge in [0, 0.05) is 37.1 Å². The summed E-state index contributed by atoms with van der Waals surface area (Å²) in [4.78, 5) is 12.6. The van der Waals surface area contributed by atoms with Crippen LogP contribution in [0.4, 0.5) is 0 Å². The first-order chi connectivity index (χ1) is 8.79. The lowest BCUT2D eigenvalue weighted by molar-refractivity contribution is 0.189. The fraction of sp³-hybridized carbons (Fsp3) is 0.667. The molecule has 0 radical (unpaired) electrons. The van der Waals surface area contributed by atoms with Crippen LogP contribution in [0.2, 0.25) is 0 Å². The van der Waals surface area contributed by atoms with Crippen molar-refractivity contribution in [3.05, 3.63) is 33.7 Å². The molecular formula is C15H26N2O2. The standard InChI is InChI=1S/C15H26N2O2/c1-11(2)13-8-7-12(15(3,4)16)14(18)17(13)9-6-10-19-5/h7-8,11H,6,9-10,16H2,1-5H3. The number of hydrogen-bond donors (Lipinski definition) is 1. The van der Waals surface area contributed by atoms with E-state index in [1.54, 1.807) is 7.11 Å². The maximum atomic E-state index is 12.6. The zero-order valence-corrected chi connectivity index (χ0v) is 12.7. The molecule has 108 valence electrons. The van der Waals surface area contributed by atoms with Crippen molar-refractivity contribution >= 4 is 0 Å². The zero-order chi connectivity index (χ0) is 14.6. The SMILES string of the molecule is COCCCn1c(C(C)C)ccc(C(C)(C)N)c1=O. The van der Waals surface area contributed by atoms with Gasteiger partial charge in [0.05, 0.1) is 0 Å². The highest BCUT2D eigenvalue weighted by atomic mass is 16.5. The average Bonchev–Trinajstić information content (AvgIpc) is 2.29. The van der Waals surface area contributed by atoms with Crippen molar-refractivity contribution in [2.45, 2.75) is 52.1 Å². The minimum Gasteiger partial charge on any atom is -0.385 e. The van der Waals surface area contributed by atoms with Gasteiger partial charge in [0.15, 0.2) is 0 Å². The fourth-order valence-electron chi connectivity index (χ4n) is 2.18. The molecule has 19 heavy (non-hydrogen) atoms. The van der Waals surface area contributed by atoms with Gasteiger partial charge in [-0.1, -0.05) is 13.8 Å². The van der Waals surface area contributed by atoms with Crippen LogP contribution < -0.4 is 11.3 Å². The minimum absolute atomic E-state index is 0.0230. The summed E-state index contributed by atoms with van der Waals surface area (Å²) < 4.78 is 6.90. The van der Waals surface area contributed by atoms with Gasteiger partial charge in [0.2, 0.25) is 0 Å². The number of nitrogens with zero attached hydrogens (tertiary/aromatic N) is 1. The number of nitrogens with two attached hydrogens (primary N) is 1. The molecule has 4 nitrogen and oxygen atoms in total. The monoisotopic (exact) mass is 266 g/mol. The molecule has 0 aliphatic rings. The molecule has 0 fully saturated rings. The van der Waals surface area contributed by atoms with Crippen LogP contribution in [0, 0.1) is 0 Å². The summed E-state index contributed by atoms with van der Waals surface area (Å²) >= 11 is 0. The van der Waals surface area contributed by atoms with E-state index in [1.165, 1.54) is 0 Å². The molecule has 2 N–H and O–H groups in total. The quantitative estimate of drug-likeness (QED) is 0.803. The Bertz CT molecular complexity index is 470. The average molecular weight is 266 g/mol. The molecule has 0 saturated heterocycles. The molecule has 0 aliphatic carbocycles. The van der Waals surface area contributed by atoms with Crippen molar-refractivity contribution < 1.29 is 4.74 Å². The van der Waals surface area contributed by atoms with E-state index in [4.69, 9.17) is 10.5 Å². The van der Waals surface area contributed by atoms with Gasteiger partial charge in [-0.05, 0) is 38.3 Å². The van der Waals surface area contributed by atoms with Gasteiger partial charge in [-0.3, -0.25) is 4.79 Å². The Kier molecular flexibility index (Phi) is 5.32. The van der Waals surface area contributed by atoms with E-state index in [0.717, 1.165) is 12.1 Å². The Balaban J connectivity index is 3.24. The van der Waals surface area contributed by atoms with E-state index in [0.29, 0.717) is 24.6 Å². The van der Waals surface area contributed by atoms with Gasteiger partial charge in [0.25, 0.3) is 5.56 Å². The van der Waals surface area contributed by atoms with Crippen molar-refractivity contribution in [2.24, 2.45) is 5.73 Å². The Labute approximate surface area is 115 Å². The lowest BCUT2D eigenvalue weighted by Gasteiger charge is -2.23. The number of aromatic nitrogens is 1. The topological polar surface area (TPSA) is 57.2 Å². The third-order valence-corrected chi connectivity index (χ3v) is 3.22. The van der Waals surface area contributed by atoms with Crippen LogP contribution in [0.25, 0.3) is 0 Å².